The number of halogens is 1. The second-order valence-corrected chi connectivity index (χ2v) is 7.64. The molecular weight excluding hydrogens is 475 g/mol. The van der Waals surface area contributed by atoms with Gasteiger partial charge >= 0.3 is 5.97 Å². The van der Waals surface area contributed by atoms with Crippen LogP contribution < -0.4 is 10.6 Å². The minimum Gasteiger partial charge on any atom is -0.460 e. The summed E-state index contributed by atoms with van der Waals surface area (Å²) in [5, 5.41) is 12.9. The SMILES string of the molecule is CCOC(=O)c1noc([C@H](C)NC(=O)c2cc(C(=O)NCc3ccc(F)c(C)c3)nc3ncnn23)n1. The standard InChI is InChI=1S/C22H21FN8O5/c1-4-35-21(34)17-29-20(36-30-17)12(3)27-19(33)16-8-15(28-22-25-10-26-31(16)22)18(32)24-9-13-5-6-14(23)11(2)7-13/h5-8,10,12H,4,9H2,1-3H3,(H,24,32)(H,27,33)/t12-/m0/s1. The molecule has 186 valence electrons. The van der Waals surface area contributed by atoms with Crippen molar-refractivity contribution in [2.45, 2.75) is 33.4 Å². The number of hydrogen-bond acceptors (Lipinski definition) is 10. The molecule has 13 nitrogen and oxygen atoms in total. The van der Waals surface area contributed by atoms with Crippen LogP contribution in [0.2, 0.25) is 0 Å². The first-order valence-corrected chi connectivity index (χ1v) is 10.8. The van der Waals surface area contributed by atoms with E-state index in [1.807, 2.05) is 0 Å². The number of amides is 2. The molecule has 0 aliphatic carbocycles. The maximum absolute atomic E-state index is 13.5. The summed E-state index contributed by atoms with van der Waals surface area (Å²) in [6.45, 7) is 5.10. The van der Waals surface area contributed by atoms with Crippen molar-refractivity contribution in [2.24, 2.45) is 0 Å². The predicted octanol–water partition coefficient (Wildman–Crippen LogP) is 1.55. The fourth-order valence-corrected chi connectivity index (χ4v) is 3.20. The van der Waals surface area contributed by atoms with E-state index in [0.29, 0.717) is 11.1 Å². The molecule has 14 heteroatoms. The van der Waals surface area contributed by atoms with Crippen LogP contribution in [0.5, 0.6) is 0 Å². The lowest BCUT2D eigenvalue weighted by Crippen LogP contribution is -2.30. The topological polar surface area (TPSA) is 166 Å². The number of nitrogens with zero attached hydrogens (tertiary/aromatic N) is 6. The molecule has 4 rings (SSSR count). The summed E-state index contributed by atoms with van der Waals surface area (Å²) in [5.41, 5.74) is 1.04. The predicted molar refractivity (Wildman–Crippen MR) is 119 cm³/mol. The van der Waals surface area contributed by atoms with Crippen molar-refractivity contribution in [1.82, 2.24) is 40.4 Å². The van der Waals surface area contributed by atoms with Crippen LogP contribution in [0.25, 0.3) is 5.78 Å². The highest BCUT2D eigenvalue weighted by Crippen LogP contribution is 2.13. The molecule has 0 saturated carbocycles. The Labute approximate surface area is 203 Å². The van der Waals surface area contributed by atoms with E-state index >= 15 is 0 Å². The Morgan fingerprint density at radius 3 is 2.75 bits per heavy atom. The highest BCUT2D eigenvalue weighted by Gasteiger charge is 2.24. The monoisotopic (exact) mass is 496 g/mol. The van der Waals surface area contributed by atoms with E-state index in [1.54, 1.807) is 32.9 Å². The van der Waals surface area contributed by atoms with E-state index in [-0.39, 0.29) is 47.8 Å². The molecule has 0 radical (unpaired) electrons. The van der Waals surface area contributed by atoms with E-state index < -0.39 is 23.8 Å². The lowest BCUT2D eigenvalue weighted by Gasteiger charge is -2.11. The highest BCUT2D eigenvalue weighted by molar-refractivity contribution is 5.98. The second kappa shape index (κ2) is 10.2. The molecule has 2 N–H and O–H groups in total. The van der Waals surface area contributed by atoms with E-state index in [4.69, 9.17) is 9.26 Å². The number of ether oxygens (including phenoxy) is 1. The van der Waals surface area contributed by atoms with Gasteiger partial charge in [-0.25, -0.2) is 14.2 Å². The highest BCUT2D eigenvalue weighted by atomic mass is 19.1. The van der Waals surface area contributed by atoms with Gasteiger partial charge in [0.1, 0.15) is 29.6 Å². The molecule has 0 aliphatic heterocycles. The van der Waals surface area contributed by atoms with Crippen molar-refractivity contribution in [1.29, 1.82) is 0 Å². The first kappa shape index (κ1) is 24.4. The zero-order chi connectivity index (χ0) is 25.8. The van der Waals surface area contributed by atoms with E-state index in [0.717, 1.165) is 0 Å². The molecular formula is C22H21FN8O5. The van der Waals surface area contributed by atoms with Crippen molar-refractivity contribution in [3.63, 3.8) is 0 Å². The van der Waals surface area contributed by atoms with E-state index in [1.165, 1.54) is 23.0 Å². The van der Waals surface area contributed by atoms with Gasteiger partial charge in [0.05, 0.1) is 6.61 Å². The molecule has 36 heavy (non-hydrogen) atoms. The molecule has 0 spiro atoms. The van der Waals surface area contributed by atoms with Gasteiger partial charge in [0.2, 0.25) is 5.89 Å². The van der Waals surface area contributed by atoms with Gasteiger partial charge < -0.3 is 19.9 Å². The van der Waals surface area contributed by atoms with Crippen LogP contribution in [0.1, 0.15) is 68.5 Å². The van der Waals surface area contributed by atoms with Crippen LogP contribution in [0.3, 0.4) is 0 Å². The van der Waals surface area contributed by atoms with Crippen molar-refractivity contribution in [3.05, 3.63) is 70.6 Å². The smallest absolute Gasteiger partial charge is 0.379 e. The Morgan fingerprint density at radius 2 is 2.00 bits per heavy atom. The number of carbonyl (C=O) groups is 3. The molecule has 4 aromatic rings. The van der Waals surface area contributed by atoms with Crippen LogP contribution >= 0.6 is 0 Å². The molecule has 1 aromatic carbocycles. The van der Waals surface area contributed by atoms with Crippen LogP contribution in [0.4, 0.5) is 4.39 Å². The summed E-state index contributed by atoms with van der Waals surface area (Å²) in [6.07, 6.45) is 1.19. The van der Waals surface area contributed by atoms with Crippen LogP contribution in [0.15, 0.2) is 35.1 Å². The Hall–Kier alpha value is -4.75. The number of benzene rings is 1. The first-order valence-electron chi connectivity index (χ1n) is 10.8. The summed E-state index contributed by atoms with van der Waals surface area (Å²) in [4.78, 5) is 49.6. The summed E-state index contributed by atoms with van der Waals surface area (Å²) < 4.78 is 24.5. The third kappa shape index (κ3) is 5.16. The summed E-state index contributed by atoms with van der Waals surface area (Å²) in [7, 11) is 0. The Morgan fingerprint density at radius 1 is 1.19 bits per heavy atom. The number of nitrogens with one attached hydrogen (secondary N) is 2. The molecule has 0 saturated heterocycles. The van der Waals surface area contributed by atoms with Crippen molar-refractivity contribution in [3.8, 4) is 0 Å². The number of aryl methyl sites for hydroxylation is 1. The maximum atomic E-state index is 13.5. The van der Waals surface area contributed by atoms with Crippen molar-refractivity contribution in [2.75, 3.05) is 6.61 Å². The van der Waals surface area contributed by atoms with Gasteiger partial charge in [0, 0.05) is 12.6 Å². The number of rotatable bonds is 8. The molecule has 0 bridgehead atoms. The fourth-order valence-electron chi connectivity index (χ4n) is 3.20. The Balaban J connectivity index is 1.51. The van der Waals surface area contributed by atoms with Gasteiger partial charge in [0.25, 0.3) is 23.4 Å². The van der Waals surface area contributed by atoms with E-state index in [9.17, 15) is 18.8 Å². The van der Waals surface area contributed by atoms with Gasteiger partial charge in [0.15, 0.2) is 0 Å². The summed E-state index contributed by atoms with van der Waals surface area (Å²) in [5.74, 6) is -2.57. The number of fused-ring (bicyclic) bond motifs is 1. The third-order valence-corrected chi connectivity index (χ3v) is 5.01. The molecule has 0 fully saturated rings. The van der Waals surface area contributed by atoms with Crippen LogP contribution in [-0.2, 0) is 11.3 Å². The van der Waals surface area contributed by atoms with E-state index in [2.05, 4.69) is 35.8 Å². The lowest BCUT2D eigenvalue weighted by molar-refractivity contribution is 0.0508. The molecule has 2 amide bonds. The van der Waals surface area contributed by atoms with Gasteiger partial charge in [-0.1, -0.05) is 12.1 Å². The lowest BCUT2D eigenvalue weighted by atomic mass is 10.1. The Kier molecular flexibility index (Phi) is 6.94. The number of hydrogen-bond donors (Lipinski definition) is 2. The number of carbonyl (C=O) groups excluding carboxylic acids is 3. The number of esters is 1. The molecule has 3 heterocycles. The molecule has 1 atom stereocenters. The minimum atomic E-state index is -0.793. The average molecular weight is 496 g/mol. The normalized spacial score (nSPS) is 11.8. The zero-order valence-corrected chi connectivity index (χ0v) is 19.5. The fraction of sp³-hybridized carbons (Fsp3) is 0.273. The molecule has 3 aromatic heterocycles. The maximum Gasteiger partial charge on any atom is 0.379 e. The molecule has 0 unspecified atom stereocenters. The average Bonchev–Trinajstić information content (AvgIpc) is 3.54. The minimum absolute atomic E-state index is 0.0251. The zero-order valence-electron chi connectivity index (χ0n) is 19.5. The summed E-state index contributed by atoms with van der Waals surface area (Å²) >= 11 is 0. The largest absolute Gasteiger partial charge is 0.460 e. The summed E-state index contributed by atoms with van der Waals surface area (Å²) in [6, 6.07) is 4.96. The number of aromatic nitrogens is 6. The third-order valence-electron chi connectivity index (χ3n) is 5.01. The van der Waals surface area contributed by atoms with Gasteiger partial charge in [-0.05, 0) is 43.1 Å². The van der Waals surface area contributed by atoms with Crippen molar-refractivity contribution < 1.29 is 28.0 Å². The van der Waals surface area contributed by atoms with Crippen LogP contribution in [0, 0.1) is 12.7 Å². The quantitative estimate of drug-likeness (QED) is 0.342. The Bertz CT molecular complexity index is 1450. The van der Waals surface area contributed by atoms with Gasteiger partial charge in [-0.15, -0.1) is 0 Å². The van der Waals surface area contributed by atoms with Crippen LogP contribution in [-0.4, -0.2) is 54.1 Å². The van der Waals surface area contributed by atoms with Gasteiger partial charge in [-0.2, -0.15) is 19.6 Å². The first-order chi connectivity index (χ1) is 17.3. The van der Waals surface area contributed by atoms with Crippen molar-refractivity contribution >= 4 is 23.6 Å². The second-order valence-electron chi connectivity index (χ2n) is 7.64. The molecule has 0 aliphatic rings. The van der Waals surface area contributed by atoms with Gasteiger partial charge in [-0.3, -0.25) is 9.59 Å².